The van der Waals surface area contributed by atoms with Crippen molar-refractivity contribution in [1.29, 1.82) is 0 Å². The number of anilines is 1. The molecule has 0 unspecified atom stereocenters. The summed E-state index contributed by atoms with van der Waals surface area (Å²) in [6.45, 7) is 1.96. The van der Waals surface area contributed by atoms with Gasteiger partial charge in [0.25, 0.3) is 5.56 Å². The fraction of sp³-hybridized carbons (Fsp3) is 0.308. The average molecular weight is 306 g/mol. The number of aryl methyl sites for hydroxylation is 1. The number of aromatic nitrogens is 2. The Morgan fingerprint density at radius 2 is 1.86 bits per heavy atom. The van der Waals surface area contributed by atoms with E-state index >= 15 is 0 Å². The fourth-order valence-electron chi connectivity index (χ4n) is 2.45. The normalized spacial score (nSPS) is 17.1. The van der Waals surface area contributed by atoms with Gasteiger partial charge in [0, 0.05) is 23.8 Å². The molecule has 7 nitrogen and oxygen atoms in total. The second kappa shape index (κ2) is 4.59. The summed E-state index contributed by atoms with van der Waals surface area (Å²) in [5.74, 6) is 0.253. The predicted octanol–water partition coefficient (Wildman–Crippen LogP) is 0.678. The van der Waals surface area contributed by atoms with Crippen molar-refractivity contribution in [1.82, 2.24) is 14.5 Å². The van der Waals surface area contributed by atoms with E-state index in [0.29, 0.717) is 5.56 Å². The zero-order valence-electron chi connectivity index (χ0n) is 11.8. The maximum absolute atomic E-state index is 12.4. The molecular formula is C13H14N4O3S. The molecule has 8 heteroatoms. The second-order valence-electron chi connectivity index (χ2n) is 4.95. The smallest absolute Gasteiger partial charge is 0.326 e. The van der Waals surface area contributed by atoms with Crippen molar-refractivity contribution in [3.8, 4) is 0 Å². The van der Waals surface area contributed by atoms with Crippen molar-refractivity contribution in [2.75, 3.05) is 5.32 Å². The minimum atomic E-state index is -0.544. The number of fused-ring (bicyclic) bond motifs is 1. The molecule has 3 rings (SSSR count). The first-order valence-electron chi connectivity index (χ1n) is 6.34. The molecule has 21 heavy (non-hydrogen) atoms. The van der Waals surface area contributed by atoms with Gasteiger partial charge in [-0.15, -0.1) is 11.3 Å². The van der Waals surface area contributed by atoms with E-state index in [-0.39, 0.29) is 5.82 Å². The first-order valence-corrected chi connectivity index (χ1v) is 7.15. The molecule has 0 radical (unpaired) electrons. The number of carbonyl (C=O) groups is 1. The number of hydrogen-bond acceptors (Lipinski definition) is 4. The number of hydrogen-bond donors (Lipinski definition) is 2. The summed E-state index contributed by atoms with van der Waals surface area (Å²) in [5, 5.41) is 5.30. The molecule has 1 aliphatic heterocycles. The molecule has 2 N–H and O–H groups in total. The lowest BCUT2D eigenvalue weighted by Crippen LogP contribution is -2.48. The highest BCUT2D eigenvalue weighted by Crippen LogP contribution is 2.32. The van der Waals surface area contributed by atoms with E-state index in [2.05, 4.69) is 10.6 Å². The first kappa shape index (κ1) is 13.6. The summed E-state index contributed by atoms with van der Waals surface area (Å²) in [7, 11) is 2.96. The molecule has 0 fully saturated rings. The van der Waals surface area contributed by atoms with Crippen molar-refractivity contribution < 1.29 is 4.79 Å². The molecule has 2 amide bonds. The Kier molecular flexibility index (Phi) is 2.98. The Bertz CT molecular complexity index is 861. The summed E-state index contributed by atoms with van der Waals surface area (Å²) in [5.41, 5.74) is -0.500. The Hall–Kier alpha value is -2.35. The van der Waals surface area contributed by atoms with Gasteiger partial charge in [-0.3, -0.25) is 19.2 Å². The van der Waals surface area contributed by atoms with Crippen LogP contribution in [0.15, 0.2) is 21.7 Å². The summed E-state index contributed by atoms with van der Waals surface area (Å²) < 4.78 is 2.33. The fourth-order valence-corrected chi connectivity index (χ4v) is 3.39. The third kappa shape index (κ3) is 1.99. The van der Waals surface area contributed by atoms with Crippen molar-refractivity contribution in [3.05, 3.63) is 48.3 Å². The van der Waals surface area contributed by atoms with Crippen LogP contribution in [-0.2, 0) is 14.1 Å². The quantitative estimate of drug-likeness (QED) is 0.812. The highest BCUT2D eigenvalue weighted by atomic mass is 32.1. The molecule has 0 saturated heterocycles. The number of urea groups is 1. The van der Waals surface area contributed by atoms with Crippen LogP contribution in [0, 0.1) is 6.92 Å². The zero-order chi connectivity index (χ0) is 15.3. The second-order valence-corrected chi connectivity index (χ2v) is 6.27. The molecule has 0 spiro atoms. The molecule has 0 aromatic carbocycles. The highest BCUT2D eigenvalue weighted by Gasteiger charge is 2.32. The summed E-state index contributed by atoms with van der Waals surface area (Å²) in [6, 6.07) is 2.84. The van der Waals surface area contributed by atoms with Crippen LogP contribution >= 0.6 is 11.3 Å². The number of rotatable bonds is 1. The Labute approximate surface area is 123 Å². The van der Waals surface area contributed by atoms with Gasteiger partial charge in [0.15, 0.2) is 0 Å². The van der Waals surface area contributed by atoms with Gasteiger partial charge >= 0.3 is 11.7 Å². The minimum absolute atomic E-state index is 0.253. The number of carbonyl (C=O) groups excluding carboxylic acids is 1. The molecule has 2 aromatic rings. The van der Waals surface area contributed by atoms with Crippen LogP contribution in [0.3, 0.4) is 0 Å². The third-order valence-electron chi connectivity index (χ3n) is 3.54. The maximum atomic E-state index is 12.4. The van der Waals surface area contributed by atoms with Gasteiger partial charge in [0.1, 0.15) is 5.82 Å². The Balaban J connectivity index is 2.32. The van der Waals surface area contributed by atoms with Crippen LogP contribution in [0.25, 0.3) is 0 Å². The van der Waals surface area contributed by atoms with E-state index in [1.807, 2.05) is 19.1 Å². The van der Waals surface area contributed by atoms with Gasteiger partial charge in [-0.2, -0.15) is 0 Å². The van der Waals surface area contributed by atoms with Crippen molar-refractivity contribution in [2.45, 2.75) is 13.0 Å². The molecule has 0 bridgehead atoms. The van der Waals surface area contributed by atoms with Crippen LogP contribution in [0.4, 0.5) is 10.6 Å². The highest BCUT2D eigenvalue weighted by molar-refractivity contribution is 7.12. The SMILES string of the molecule is Cc1ccc([C@H]2NC(=O)Nc3c2c(=O)n(C)c(=O)n3C)s1. The van der Waals surface area contributed by atoms with Gasteiger partial charge in [0.2, 0.25) is 0 Å². The minimum Gasteiger partial charge on any atom is -0.326 e. The number of nitrogens with one attached hydrogen (secondary N) is 2. The number of nitrogens with zero attached hydrogens (tertiary/aromatic N) is 2. The largest absolute Gasteiger partial charge is 0.332 e. The topological polar surface area (TPSA) is 85.1 Å². The van der Waals surface area contributed by atoms with Crippen molar-refractivity contribution in [2.24, 2.45) is 14.1 Å². The maximum Gasteiger partial charge on any atom is 0.332 e. The van der Waals surface area contributed by atoms with Crippen LogP contribution in [-0.4, -0.2) is 15.2 Å². The zero-order valence-corrected chi connectivity index (χ0v) is 12.6. The molecule has 3 heterocycles. The van der Waals surface area contributed by atoms with Gasteiger partial charge in [-0.25, -0.2) is 9.59 Å². The van der Waals surface area contributed by atoms with Crippen molar-refractivity contribution >= 4 is 23.2 Å². The molecule has 2 aromatic heterocycles. The van der Waals surface area contributed by atoms with Gasteiger partial charge in [-0.05, 0) is 19.1 Å². The van der Waals surface area contributed by atoms with E-state index in [1.54, 1.807) is 0 Å². The van der Waals surface area contributed by atoms with Gasteiger partial charge in [0.05, 0.1) is 11.6 Å². The van der Waals surface area contributed by atoms with Crippen LogP contribution in [0.1, 0.15) is 21.4 Å². The summed E-state index contributed by atoms with van der Waals surface area (Å²) in [4.78, 5) is 38.2. The van der Waals surface area contributed by atoms with E-state index in [1.165, 1.54) is 30.0 Å². The lowest BCUT2D eigenvalue weighted by Gasteiger charge is -2.27. The first-order chi connectivity index (χ1) is 9.90. The monoisotopic (exact) mass is 306 g/mol. The van der Waals surface area contributed by atoms with E-state index in [9.17, 15) is 14.4 Å². The van der Waals surface area contributed by atoms with Gasteiger partial charge in [-0.1, -0.05) is 0 Å². The van der Waals surface area contributed by atoms with E-state index in [4.69, 9.17) is 0 Å². The standard InChI is InChI=1S/C13H14N4O3S/c1-6-4-5-7(21-6)9-8-10(15-12(19)14-9)16(2)13(20)17(3)11(8)18/h4-5,9H,1-3H3,(H2,14,15,19)/t9-/m1/s1. The summed E-state index contributed by atoms with van der Waals surface area (Å²) in [6.07, 6.45) is 0. The predicted molar refractivity (Wildman–Crippen MR) is 80.0 cm³/mol. The number of thiophene rings is 1. The molecule has 0 aliphatic carbocycles. The van der Waals surface area contributed by atoms with Crippen LogP contribution < -0.4 is 21.9 Å². The Morgan fingerprint density at radius 3 is 2.48 bits per heavy atom. The van der Waals surface area contributed by atoms with Gasteiger partial charge < -0.3 is 5.32 Å². The lowest BCUT2D eigenvalue weighted by molar-refractivity contribution is 0.248. The Morgan fingerprint density at radius 1 is 1.14 bits per heavy atom. The van der Waals surface area contributed by atoms with Crippen molar-refractivity contribution in [3.63, 3.8) is 0 Å². The molecule has 110 valence electrons. The molecule has 1 atom stereocenters. The number of amides is 2. The average Bonchev–Trinajstić information content (AvgIpc) is 2.88. The van der Waals surface area contributed by atoms with E-state index < -0.39 is 23.3 Å². The third-order valence-corrected chi connectivity index (χ3v) is 4.61. The lowest BCUT2D eigenvalue weighted by atomic mass is 10.1. The molecular weight excluding hydrogens is 292 g/mol. The molecule has 0 saturated carbocycles. The summed E-state index contributed by atoms with van der Waals surface area (Å²) >= 11 is 1.51. The van der Waals surface area contributed by atoms with Crippen LogP contribution in [0.5, 0.6) is 0 Å². The van der Waals surface area contributed by atoms with E-state index in [0.717, 1.165) is 14.3 Å². The van der Waals surface area contributed by atoms with Crippen LogP contribution in [0.2, 0.25) is 0 Å². The molecule has 1 aliphatic rings.